The van der Waals surface area contributed by atoms with Gasteiger partial charge in [0.25, 0.3) is 0 Å². The number of benzene rings is 2. The molecule has 20 heavy (non-hydrogen) atoms. The Kier molecular flexibility index (Phi) is 6.10. The van der Waals surface area contributed by atoms with Gasteiger partial charge >= 0.3 is 0 Å². The van der Waals surface area contributed by atoms with Crippen molar-refractivity contribution in [3.05, 3.63) is 70.7 Å². The number of nitrogens with one attached hydrogen (secondary N) is 1. The van der Waals surface area contributed by atoms with Crippen LogP contribution < -0.4 is 5.32 Å². The van der Waals surface area contributed by atoms with E-state index in [4.69, 9.17) is 11.6 Å². The number of rotatable bonds is 7. The van der Waals surface area contributed by atoms with E-state index in [0.717, 1.165) is 24.4 Å². The zero-order valence-electron chi connectivity index (χ0n) is 12.0. The van der Waals surface area contributed by atoms with Crippen LogP contribution in [0.5, 0.6) is 0 Å². The van der Waals surface area contributed by atoms with Crippen molar-refractivity contribution in [3.63, 3.8) is 0 Å². The molecule has 0 aliphatic rings. The van der Waals surface area contributed by atoms with Gasteiger partial charge in [0.15, 0.2) is 0 Å². The highest BCUT2D eigenvalue weighted by molar-refractivity contribution is 6.30. The van der Waals surface area contributed by atoms with Crippen LogP contribution in [0.25, 0.3) is 0 Å². The minimum Gasteiger partial charge on any atom is -0.314 e. The summed E-state index contributed by atoms with van der Waals surface area (Å²) in [6.07, 6.45) is 3.35. The van der Waals surface area contributed by atoms with Crippen LogP contribution >= 0.6 is 11.6 Å². The summed E-state index contributed by atoms with van der Waals surface area (Å²) in [6.45, 7) is 3.27. The average Bonchev–Trinajstić information content (AvgIpc) is 2.48. The van der Waals surface area contributed by atoms with E-state index in [2.05, 4.69) is 54.7 Å². The lowest BCUT2D eigenvalue weighted by atomic mass is 10.1. The molecule has 1 N–H and O–H groups in total. The molecule has 1 atom stereocenters. The predicted octanol–water partition coefficient (Wildman–Crippen LogP) is 4.49. The van der Waals surface area contributed by atoms with Crippen LogP contribution in [0, 0.1) is 0 Å². The molecule has 2 heteroatoms. The van der Waals surface area contributed by atoms with Crippen LogP contribution in [0.15, 0.2) is 54.6 Å². The Hall–Kier alpha value is -1.31. The van der Waals surface area contributed by atoms with E-state index in [1.54, 1.807) is 0 Å². The van der Waals surface area contributed by atoms with Crippen LogP contribution in [0.3, 0.4) is 0 Å². The van der Waals surface area contributed by atoms with Crippen molar-refractivity contribution >= 4 is 11.6 Å². The Balaban J connectivity index is 1.65. The van der Waals surface area contributed by atoms with Gasteiger partial charge in [-0.2, -0.15) is 0 Å². The smallest absolute Gasteiger partial charge is 0.0406 e. The third kappa shape index (κ3) is 5.36. The maximum absolute atomic E-state index is 5.88. The Morgan fingerprint density at radius 1 is 0.900 bits per heavy atom. The molecular formula is C18H22ClN. The summed E-state index contributed by atoms with van der Waals surface area (Å²) in [4.78, 5) is 0. The summed E-state index contributed by atoms with van der Waals surface area (Å²) in [6, 6.07) is 19.3. The molecule has 0 aromatic heterocycles. The molecule has 0 aliphatic heterocycles. The highest BCUT2D eigenvalue weighted by Crippen LogP contribution is 2.10. The summed E-state index contributed by atoms with van der Waals surface area (Å²) in [5.74, 6) is 0. The first-order valence-electron chi connectivity index (χ1n) is 7.26. The maximum Gasteiger partial charge on any atom is 0.0406 e. The van der Waals surface area contributed by atoms with Crippen molar-refractivity contribution in [2.75, 3.05) is 6.54 Å². The first kappa shape index (κ1) is 15.1. The largest absolute Gasteiger partial charge is 0.314 e. The zero-order chi connectivity index (χ0) is 14.2. The summed E-state index contributed by atoms with van der Waals surface area (Å²) >= 11 is 5.88. The van der Waals surface area contributed by atoms with Gasteiger partial charge in [0, 0.05) is 11.1 Å². The molecule has 0 aliphatic carbocycles. The van der Waals surface area contributed by atoms with E-state index in [0.29, 0.717) is 6.04 Å². The number of hydrogen-bond donors (Lipinski definition) is 1. The monoisotopic (exact) mass is 287 g/mol. The SMILES string of the molecule is CC(CCc1ccccc1)NCCc1ccc(Cl)cc1. The quantitative estimate of drug-likeness (QED) is 0.791. The highest BCUT2D eigenvalue weighted by atomic mass is 35.5. The minimum atomic E-state index is 0.544. The number of hydrogen-bond acceptors (Lipinski definition) is 1. The van der Waals surface area contributed by atoms with E-state index in [9.17, 15) is 0 Å². The van der Waals surface area contributed by atoms with Crippen molar-refractivity contribution in [3.8, 4) is 0 Å². The average molecular weight is 288 g/mol. The predicted molar refractivity (Wildman–Crippen MR) is 87.4 cm³/mol. The summed E-state index contributed by atoms with van der Waals surface area (Å²) in [5, 5.41) is 4.39. The van der Waals surface area contributed by atoms with Crippen LogP contribution in [0.2, 0.25) is 5.02 Å². The first-order valence-corrected chi connectivity index (χ1v) is 7.63. The fourth-order valence-electron chi connectivity index (χ4n) is 2.24. The molecular weight excluding hydrogens is 266 g/mol. The van der Waals surface area contributed by atoms with Crippen molar-refractivity contribution < 1.29 is 0 Å². The van der Waals surface area contributed by atoms with Crippen molar-refractivity contribution in [2.45, 2.75) is 32.2 Å². The van der Waals surface area contributed by atoms with E-state index < -0.39 is 0 Å². The molecule has 0 saturated carbocycles. The normalized spacial score (nSPS) is 12.3. The molecule has 2 aromatic carbocycles. The Labute approximate surface area is 127 Å². The van der Waals surface area contributed by atoms with E-state index in [-0.39, 0.29) is 0 Å². The molecule has 1 unspecified atom stereocenters. The lowest BCUT2D eigenvalue weighted by Gasteiger charge is -2.13. The fraction of sp³-hybridized carbons (Fsp3) is 0.333. The van der Waals surface area contributed by atoms with Gasteiger partial charge in [0.2, 0.25) is 0 Å². The second-order valence-electron chi connectivity index (χ2n) is 5.26. The van der Waals surface area contributed by atoms with Gasteiger partial charge < -0.3 is 5.32 Å². The molecule has 0 heterocycles. The molecule has 0 saturated heterocycles. The third-order valence-electron chi connectivity index (χ3n) is 3.53. The van der Waals surface area contributed by atoms with Crippen molar-refractivity contribution in [1.29, 1.82) is 0 Å². The number of halogens is 1. The minimum absolute atomic E-state index is 0.544. The fourth-order valence-corrected chi connectivity index (χ4v) is 2.37. The molecule has 0 radical (unpaired) electrons. The Morgan fingerprint density at radius 3 is 2.25 bits per heavy atom. The second-order valence-corrected chi connectivity index (χ2v) is 5.69. The molecule has 0 amide bonds. The van der Waals surface area contributed by atoms with Gasteiger partial charge in [-0.15, -0.1) is 0 Å². The first-order chi connectivity index (χ1) is 9.74. The lowest BCUT2D eigenvalue weighted by Crippen LogP contribution is -2.28. The highest BCUT2D eigenvalue weighted by Gasteiger charge is 2.02. The van der Waals surface area contributed by atoms with Crippen LogP contribution in [-0.2, 0) is 12.8 Å². The molecule has 0 fully saturated rings. The Bertz CT molecular complexity index is 493. The van der Waals surface area contributed by atoms with Crippen LogP contribution in [0.1, 0.15) is 24.5 Å². The molecule has 1 nitrogen and oxygen atoms in total. The Morgan fingerprint density at radius 2 is 1.55 bits per heavy atom. The van der Waals surface area contributed by atoms with Gasteiger partial charge in [0.1, 0.15) is 0 Å². The topological polar surface area (TPSA) is 12.0 Å². The summed E-state index contributed by atoms with van der Waals surface area (Å²) in [7, 11) is 0. The van der Waals surface area contributed by atoms with E-state index in [1.807, 2.05) is 12.1 Å². The van der Waals surface area contributed by atoms with Crippen molar-refractivity contribution in [1.82, 2.24) is 5.32 Å². The van der Waals surface area contributed by atoms with Crippen LogP contribution in [-0.4, -0.2) is 12.6 Å². The molecule has 106 valence electrons. The van der Waals surface area contributed by atoms with E-state index in [1.165, 1.54) is 17.5 Å². The van der Waals surface area contributed by atoms with Gasteiger partial charge in [-0.05, 0) is 56.0 Å². The lowest BCUT2D eigenvalue weighted by molar-refractivity contribution is 0.517. The molecule has 2 rings (SSSR count). The third-order valence-corrected chi connectivity index (χ3v) is 3.78. The van der Waals surface area contributed by atoms with Gasteiger partial charge in [0.05, 0.1) is 0 Å². The van der Waals surface area contributed by atoms with Gasteiger partial charge in [-0.3, -0.25) is 0 Å². The standard InChI is InChI=1S/C18H22ClN/c1-15(7-8-16-5-3-2-4-6-16)20-14-13-17-9-11-18(19)12-10-17/h2-6,9-12,15,20H,7-8,13-14H2,1H3. The summed E-state index contributed by atoms with van der Waals surface area (Å²) in [5.41, 5.74) is 2.75. The second kappa shape index (κ2) is 8.08. The van der Waals surface area contributed by atoms with Gasteiger partial charge in [-0.1, -0.05) is 54.1 Å². The van der Waals surface area contributed by atoms with Gasteiger partial charge in [-0.25, -0.2) is 0 Å². The molecule has 2 aromatic rings. The zero-order valence-corrected chi connectivity index (χ0v) is 12.7. The number of aryl methyl sites for hydroxylation is 1. The van der Waals surface area contributed by atoms with Crippen molar-refractivity contribution in [2.24, 2.45) is 0 Å². The van der Waals surface area contributed by atoms with Crippen LogP contribution in [0.4, 0.5) is 0 Å². The molecule has 0 bridgehead atoms. The van der Waals surface area contributed by atoms with E-state index >= 15 is 0 Å². The maximum atomic E-state index is 5.88. The molecule has 0 spiro atoms. The summed E-state index contributed by atoms with van der Waals surface area (Å²) < 4.78 is 0.